The summed E-state index contributed by atoms with van der Waals surface area (Å²) in [5, 5.41) is 19.1. The first-order valence-electron chi connectivity index (χ1n) is 14.6. The topological polar surface area (TPSA) is 118 Å². The second-order valence-electron chi connectivity index (χ2n) is 10.7. The highest BCUT2D eigenvalue weighted by Crippen LogP contribution is 2.41. The van der Waals surface area contributed by atoms with Crippen LogP contribution < -0.4 is 25.7 Å². The van der Waals surface area contributed by atoms with E-state index in [1.807, 2.05) is 84.9 Å². The molecule has 4 N–H and O–H groups in total. The molecule has 9 heteroatoms. The summed E-state index contributed by atoms with van der Waals surface area (Å²) in [6.45, 7) is 0.308. The highest BCUT2D eigenvalue weighted by molar-refractivity contribution is 5.91. The molecule has 0 aliphatic rings. The van der Waals surface area contributed by atoms with Gasteiger partial charge in [-0.3, -0.25) is 4.79 Å². The van der Waals surface area contributed by atoms with E-state index >= 15 is 0 Å². The minimum Gasteiger partial charge on any atom is -0.507 e. The number of nitrogens with zero attached hydrogens (tertiary/aromatic N) is 1. The molecule has 0 aliphatic carbocycles. The number of benzene rings is 4. The zero-order valence-corrected chi connectivity index (χ0v) is 25.3. The normalized spacial score (nSPS) is 11.8. The Morgan fingerprint density at radius 3 is 2.44 bits per heavy atom. The van der Waals surface area contributed by atoms with Crippen LogP contribution in [0.15, 0.2) is 102 Å². The van der Waals surface area contributed by atoms with E-state index in [1.165, 1.54) is 0 Å². The van der Waals surface area contributed by atoms with Crippen LogP contribution in [0.4, 0.5) is 10.5 Å². The van der Waals surface area contributed by atoms with Gasteiger partial charge in [0.25, 0.3) is 5.56 Å². The van der Waals surface area contributed by atoms with Gasteiger partial charge in [0.15, 0.2) is 0 Å². The maximum Gasteiger partial charge on any atom is 0.319 e. The third-order valence-corrected chi connectivity index (χ3v) is 8.18. The maximum absolute atomic E-state index is 14.1. The molecule has 1 atom stereocenters. The predicted octanol–water partition coefficient (Wildman–Crippen LogP) is 6.29. The van der Waals surface area contributed by atoms with Crippen molar-refractivity contribution in [3.05, 3.63) is 130 Å². The number of para-hydroxylation sites is 4. The first kappa shape index (κ1) is 29.4. The molecule has 0 radical (unpaired) electrons. The number of methoxy groups -OCH3 is 2. The van der Waals surface area contributed by atoms with Gasteiger partial charge in [-0.25, -0.2) is 4.79 Å². The van der Waals surface area contributed by atoms with Crippen molar-refractivity contribution < 1.29 is 19.4 Å². The Balaban J connectivity index is 1.45. The van der Waals surface area contributed by atoms with E-state index in [9.17, 15) is 14.7 Å². The summed E-state index contributed by atoms with van der Waals surface area (Å²) in [6.07, 6.45) is 0.452. The highest BCUT2D eigenvalue weighted by Gasteiger charge is 2.30. The summed E-state index contributed by atoms with van der Waals surface area (Å²) >= 11 is 0. The quantitative estimate of drug-likeness (QED) is 0.155. The lowest BCUT2D eigenvalue weighted by atomic mass is 9.85. The molecule has 0 saturated carbocycles. The van der Waals surface area contributed by atoms with Crippen molar-refractivity contribution in [1.82, 2.24) is 14.9 Å². The van der Waals surface area contributed by atoms with Gasteiger partial charge in [-0.1, -0.05) is 54.6 Å². The number of hydrogen-bond donors (Lipinski definition) is 4. The number of fused-ring (bicyclic) bond motifs is 2. The van der Waals surface area contributed by atoms with Gasteiger partial charge in [-0.15, -0.1) is 0 Å². The first-order chi connectivity index (χ1) is 21.9. The number of anilines is 1. The molecule has 2 aromatic heterocycles. The number of amides is 2. The second kappa shape index (κ2) is 12.5. The first-order valence-corrected chi connectivity index (χ1v) is 14.6. The van der Waals surface area contributed by atoms with E-state index in [4.69, 9.17) is 9.47 Å². The number of aromatic hydroxyl groups is 1. The van der Waals surface area contributed by atoms with Gasteiger partial charge in [-0.2, -0.15) is 0 Å². The molecule has 228 valence electrons. The standard InChI is InChI=1S/C36H34N4O5/c1-40-29-17-8-5-14-26(29)34(41)32(35(40)42)31(22-11-10-12-23(21-22)44-2)33-25(24-13-4-6-15-27(24)38-33)19-20-37-36(43)39-28-16-7-9-18-30(28)45-3/h4-18,21,31,38,41H,19-20H2,1-3H3,(H2,37,39,43). The minimum atomic E-state index is -0.673. The van der Waals surface area contributed by atoms with Crippen LogP contribution in [-0.2, 0) is 13.5 Å². The molecule has 2 heterocycles. The molecule has 0 aliphatic heterocycles. The zero-order chi connectivity index (χ0) is 31.5. The van der Waals surface area contributed by atoms with Crippen LogP contribution >= 0.6 is 0 Å². The number of pyridine rings is 1. The third-order valence-electron chi connectivity index (χ3n) is 8.18. The molecule has 0 spiro atoms. The van der Waals surface area contributed by atoms with Gasteiger partial charge in [0.05, 0.1) is 36.9 Å². The summed E-state index contributed by atoms with van der Waals surface area (Å²) in [6, 6.07) is 29.6. The van der Waals surface area contributed by atoms with Crippen LogP contribution in [0.3, 0.4) is 0 Å². The average molecular weight is 603 g/mol. The fraction of sp³-hybridized carbons (Fsp3) is 0.167. The number of aryl methyl sites for hydroxylation is 1. The summed E-state index contributed by atoms with van der Waals surface area (Å²) in [4.78, 5) is 30.5. The van der Waals surface area contributed by atoms with Crippen molar-refractivity contribution in [1.29, 1.82) is 0 Å². The summed E-state index contributed by atoms with van der Waals surface area (Å²) in [5.74, 6) is 0.445. The molecule has 9 nitrogen and oxygen atoms in total. The largest absolute Gasteiger partial charge is 0.507 e. The lowest BCUT2D eigenvalue weighted by molar-refractivity contribution is 0.252. The number of urea groups is 1. The number of ether oxygens (including phenoxy) is 2. The number of nitrogens with one attached hydrogen (secondary N) is 3. The van der Waals surface area contributed by atoms with Gasteiger partial charge in [0.1, 0.15) is 17.2 Å². The lowest BCUT2D eigenvalue weighted by Crippen LogP contribution is -2.31. The van der Waals surface area contributed by atoms with Crippen molar-refractivity contribution in [2.45, 2.75) is 12.3 Å². The van der Waals surface area contributed by atoms with Crippen LogP contribution in [0.1, 0.15) is 28.3 Å². The van der Waals surface area contributed by atoms with Gasteiger partial charge < -0.3 is 34.8 Å². The number of aromatic amines is 1. The molecule has 6 aromatic rings. The molecule has 2 amide bonds. The van der Waals surface area contributed by atoms with E-state index in [0.717, 1.165) is 27.7 Å². The van der Waals surface area contributed by atoms with Gasteiger partial charge >= 0.3 is 6.03 Å². The van der Waals surface area contributed by atoms with E-state index in [0.29, 0.717) is 41.1 Å². The summed E-state index contributed by atoms with van der Waals surface area (Å²) in [7, 11) is 4.86. The molecule has 1 unspecified atom stereocenters. The van der Waals surface area contributed by atoms with Crippen molar-refractivity contribution >= 4 is 33.5 Å². The number of carbonyl (C=O) groups excluding carboxylic acids is 1. The van der Waals surface area contributed by atoms with Crippen molar-refractivity contribution in [3.63, 3.8) is 0 Å². The Labute approximate surface area is 260 Å². The Kier molecular flexibility index (Phi) is 8.16. The predicted molar refractivity (Wildman–Crippen MR) is 177 cm³/mol. The molecular weight excluding hydrogens is 568 g/mol. The molecular formula is C36H34N4O5. The summed E-state index contributed by atoms with van der Waals surface area (Å²) < 4.78 is 12.5. The van der Waals surface area contributed by atoms with Crippen molar-refractivity contribution in [3.8, 4) is 17.2 Å². The Hall–Kier alpha value is -5.70. The van der Waals surface area contributed by atoms with E-state index < -0.39 is 5.92 Å². The summed E-state index contributed by atoms with van der Waals surface area (Å²) in [5.41, 5.74) is 4.46. The Morgan fingerprint density at radius 1 is 0.911 bits per heavy atom. The molecule has 6 rings (SSSR count). The van der Waals surface area contributed by atoms with E-state index in [2.05, 4.69) is 15.6 Å². The molecule has 45 heavy (non-hydrogen) atoms. The average Bonchev–Trinajstić information content (AvgIpc) is 3.43. The minimum absolute atomic E-state index is 0.0690. The number of carbonyl (C=O) groups is 1. The van der Waals surface area contributed by atoms with Crippen molar-refractivity contribution in [2.75, 3.05) is 26.1 Å². The van der Waals surface area contributed by atoms with E-state index in [1.54, 1.807) is 38.0 Å². The smallest absolute Gasteiger partial charge is 0.319 e. The molecule has 0 fully saturated rings. The number of rotatable bonds is 9. The Morgan fingerprint density at radius 2 is 1.64 bits per heavy atom. The third kappa shape index (κ3) is 5.56. The lowest BCUT2D eigenvalue weighted by Gasteiger charge is -2.22. The monoisotopic (exact) mass is 602 g/mol. The molecule has 0 bridgehead atoms. The van der Waals surface area contributed by atoms with Crippen molar-refractivity contribution in [2.24, 2.45) is 7.05 Å². The number of hydrogen-bond acceptors (Lipinski definition) is 5. The zero-order valence-electron chi connectivity index (χ0n) is 25.3. The highest BCUT2D eigenvalue weighted by atomic mass is 16.5. The second-order valence-corrected chi connectivity index (χ2v) is 10.7. The molecule has 0 saturated heterocycles. The SMILES string of the molecule is COc1cccc(C(c2[nH]c3ccccc3c2CCNC(=O)Nc2ccccc2OC)c2c(O)c3ccccc3n(C)c2=O)c1. The fourth-order valence-electron chi connectivity index (χ4n) is 6.01. The van der Waals surface area contributed by atoms with Gasteiger partial charge in [-0.05, 0) is 60.0 Å². The number of aromatic nitrogens is 2. The fourth-order valence-corrected chi connectivity index (χ4v) is 6.01. The maximum atomic E-state index is 14.1. The van der Waals surface area contributed by atoms with Crippen LogP contribution in [-0.4, -0.2) is 41.5 Å². The van der Waals surface area contributed by atoms with Gasteiger partial charge in [0.2, 0.25) is 0 Å². The van der Waals surface area contributed by atoms with Crippen LogP contribution in [0, 0.1) is 0 Å². The Bertz CT molecular complexity index is 2080. The van der Waals surface area contributed by atoms with E-state index in [-0.39, 0.29) is 22.9 Å². The van der Waals surface area contributed by atoms with Crippen LogP contribution in [0.25, 0.3) is 21.8 Å². The van der Waals surface area contributed by atoms with Crippen LogP contribution in [0.5, 0.6) is 17.2 Å². The van der Waals surface area contributed by atoms with Gasteiger partial charge in [0, 0.05) is 35.6 Å². The number of H-pyrrole nitrogens is 1. The van der Waals surface area contributed by atoms with Crippen LogP contribution in [0.2, 0.25) is 0 Å². The molecule has 4 aromatic carbocycles.